The molecule has 0 saturated carbocycles. The molecule has 9 heteroatoms. The van der Waals surface area contributed by atoms with E-state index in [2.05, 4.69) is 35.8 Å². The average molecular weight is 416 g/mol. The number of nitrogens with one attached hydrogen (secondary N) is 2. The van der Waals surface area contributed by atoms with E-state index >= 15 is 0 Å². The molecule has 0 bridgehead atoms. The number of pyridine rings is 1. The van der Waals surface area contributed by atoms with Crippen LogP contribution in [0, 0.1) is 13.8 Å². The summed E-state index contributed by atoms with van der Waals surface area (Å²) in [7, 11) is 0. The number of carbonyl (C=O) groups is 1. The zero-order valence-corrected chi connectivity index (χ0v) is 17.9. The Morgan fingerprint density at radius 3 is 2.65 bits per heavy atom. The van der Waals surface area contributed by atoms with E-state index in [0.717, 1.165) is 22.5 Å². The second kappa shape index (κ2) is 8.47. The molecule has 0 atom stereocenters. The normalized spacial score (nSPS) is 11.1. The zero-order valence-electron chi connectivity index (χ0n) is 17.9. The summed E-state index contributed by atoms with van der Waals surface area (Å²) < 4.78 is 1.66. The fourth-order valence-corrected chi connectivity index (χ4v) is 3.21. The Hall–Kier alpha value is -3.88. The molecule has 4 aromatic rings. The predicted octanol–water partition coefficient (Wildman–Crippen LogP) is 3.12. The Morgan fingerprint density at radius 1 is 1.13 bits per heavy atom. The minimum atomic E-state index is -0.219. The van der Waals surface area contributed by atoms with Crippen LogP contribution in [0.3, 0.4) is 0 Å². The Bertz CT molecular complexity index is 1210. The molecule has 1 aromatic carbocycles. The van der Waals surface area contributed by atoms with Gasteiger partial charge in [-0.2, -0.15) is 4.68 Å². The first-order chi connectivity index (χ1) is 14.9. The van der Waals surface area contributed by atoms with Crippen LogP contribution >= 0.6 is 0 Å². The van der Waals surface area contributed by atoms with E-state index in [4.69, 9.17) is 0 Å². The largest absolute Gasteiger partial charge is 0.345 e. The summed E-state index contributed by atoms with van der Waals surface area (Å²) in [6.45, 7) is 8.25. The third-order valence-electron chi connectivity index (χ3n) is 4.81. The van der Waals surface area contributed by atoms with Gasteiger partial charge in [-0.05, 0) is 54.1 Å². The van der Waals surface area contributed by atoms with E-state index < -0.39 is 0 Å². The summed E-state index contributed by atoms with van der Waals surface area (Å²) in [4.78, 5) is 24.8. The van der Waals surface area contributed by atoms with Gasteiger partial charge in [0.25, 0.3) is 5.91 Å². The first-order valence-corrected chi connectivity index (χ1v) is 10.1. The molecule has 0 aliphatic rings. The number of amides is 1. The van der Waals surface area contributed by atoms with Gasteiger partial charge in [0.2, 0.25) is 0 Å². The van der Waals surface area contributed by atoms with E-state index in [0.29, 0.717) is 29.4 Å². The van der Waals surface area contributed by atoms with Crippen LogP contribution in [0.2, 0.25) is 0 Å². The van der Waals surface area contributed by atoms with Gasteiger partial charge in [0, 0.05) is 35.1 Å². The third kappa shape index (κ3) is 4.50. The first kappa shape index (κ1) is 20.4. The van der Waals surface area contributed by atoms with E-state index in [1.165, 1.54) is 0 Å². The maximum absolute atomic E-state index is 13.0. The van der Waals surface area contributed by atoms with Crippen LogP contribution in [-0.4, -0.2) is 41.1 Å². The van der Waals surface area contributed by atoms with Crippen molar-refractivity contribution in [2.24, 2.45) is 0 Å². The topological polar surface area (TPSA) is 114 Å². The number of rotatable bonds is 6. The number of aryl methyl sites for hydroxylation is 2. The molecule has 4 rings (SSSR count). The number of H-pyrrole nitrogens is 1. The highest BCUT2D eigenvalue weighted by molar-refractivity contribution is 5.96. The fourth-order valence-electron chi connectivity index (χ4n) is 3.21. The van der Waals surface area contributed by atoms with Crippen LogP contribution in [0.25, 0.3) is 16.9 Å². The lowest BCUT2D eigenvalue weighted by Gasteiger charge is -2.12. The molecule has 2 N–H and O–H groups in total. The van der Waals surface area contributed by atoms with Crippen molar-refractivity contribution in [2.45, 2.75) is 40.2 Å². The quantitative estimate of drug-likeness (QED) is 0.499. The smallest absolute Gasteiger partial charge is 0.251 e. The van der Waals surface area contributed by atoms with Crippen molar-refractivity contribution in [3.8, 4) is 16.9 Å². The van der Waals surface area contributed by atoms with E-state index in [1.807, 2.05) is 52.0 Å². The second-order valence-electron chi connectivity index (χ2n) is 7.79. The van der Waals surface area contributed by atoms with Crippen molar-refractivity contribution >= 4 is 5.91 Å². The number of hydrogen-bond donors (Lipinski definition) is 2. The van der Waals surface area contributed by atoms with E-state index in [-0.39, 0.29) is 11.8 Å². The number of tetrazole rings is 1. The molecule has 0 spiro atoms. The van der Waals surface area contributed by atoms with Crippen molar-refractivity contribution in [2.75, 3.05) is 0 Å². The van der Waals surface area contributed by atoms with Crippen LogP contribution in [0.15, 0.2) is 42.7 Å². The predicted molar refractivity (Wildman–Crippen MR) is 116 cm³/mol. The Kier molecular flexibility index (Phi) is 5.57. The average Bonchev–Trinajstić information content (AvgIpc) is 3.41. The summed E-state index contributed by atoms with van der Waals surface area (Å²) in [6.07, 6.45) is 3.53. The molecular formula is C22H24N8O. The van der Waals surface area contributed by atoms with Gasteiger partial charge in [-0.25, -0.2) is 4.98 Å². The third-order valence-corrected chi connectivity index (χ3v) is 4.81. The summed E-state index contributed by atoms with van der Waals surface area (Å²) in [6, 6.07) is 9.47. The number of imidazole rings is 1. The maximum Gasteiger partial charge on any atom is 0.251 e. The van der Waals surface area contributed by atoms with Crippen LogP contribution < -0.4 is 5.32 Å². The minimum absolute atomic E-state index is 0.121. The van der Waals surface area contributed by atoms with Crippen LogP contribution in [0.1, 0.15) is 53.0 Å². The Balaban J connectivity index is 1.72. The highest BCUT2D eigenvalue weighted by Crippen LogP contribution is 2.24. The van der Waals surface area contributed by atoms with Gasteiger partial charge in [0.15, 0.2) is 5.82 Å². The number of benzene rings is 1. The number of carbonyl (C=O) groups excluding carboxylic acids is 1. The molecule has 0 fully saturated rings. The zero-order chi connectivity index (χ0) is 22.0. The Morgan fingerprint density at radius 2 is 1.97 bits per heavy atom. The second-order valence-corrected chi connectivity index (χ2v) is 7.79. The summed E-state index contributed by atoms with van der Waals surface area (Å²) in [5.74, 6) is 1.32. The summed E-state index contributed by atoms with van der Waals surface area (Å²) in [5.41, 5.74) is 4.77. The van der Waals surface area contributed by atoms with E-state index in [9.17, 15) is 4.79 Å². The lowest BCUT2D eigenvalue weighted by atomic mass is 10.0. The number of aromatic amines is 1. The van der Waals surface area contributed by atoms with Crippen LogP contribution in [0.4, 0.5) is 0 Å². The molecule has 0 radical (unpaired) electrons. The van der Waals surface area contributed by atoms with Gasteiger partial charge in [-0.3, -0.25) is 9.78 Å². The first-order valence-electron chi connectivity index (χ1n) is 10.1. The number of nitrogens with zero attached hydrogens (tertiary/aromatic N) is 6. The van der Waals surface area contributed by atoms with Crippen molar-refractivity contribution < 1.29 is 4.79 Å². The molecular weight excluding hydrogens is 392 g/mol. The monoisotopic (exact) mass is 416 g/mol. The molecule has 0 aliphatic carbocycles. The van der Waals surface area contributed by atoms with Crippen molar-refractivity contribution in [3.63, 3.8) is 0 Å². The van der Waals surface area contributed by atoms with Gasteiger partial charge in [-0.1, -0.05) is 19.9 Å². The SMILES string of the molecule is Cc1ccc(-c2cc(C(=O)NCc3ncc(C)[nH]3)cc(-n3nnnc3C(C)C)c2)nc1. The van der Waals surface area contributed by atoms with Gasteiger partial charge in [-0.15, -0.1) is 5.10 Å². The number of aromatic nitrogens is 7. The lowest BCUT2D eigenvalue weighted by Crippen LogP contribution is -2.23. The van der Waals surface area contributed by atoms with Gasteiger partial charge >= 0.3 is 0 Å². The molecule has 31 heavy (non-hydrogen) atoms. The molecule has 3 aromatic heterocycles. The highest BCUT2D eigenvalue weighted by atomic mass is 16.1. The van der Waals surface area contributed by atoms with Gasteiger partial charge in [0.05, 0.1) is 17.9 Å². The van der Waals surface area contributed by atoms with Gasteiger partial charge in [0.1, 0.15) is 5.82 Å². The molecule has 158 valence electrons. The molecule has 0 saturated heterocycles. The lowest BCUT2D eigenvalue weighted by molar-refractivity contribution is 0.0950. The standard InChI is InChI=1S/C22H24N8O/c1-13(2)21-27-28-29-30(21)18-8-16(19-6-5-14(3)10-23-19)7-17(9-18)22(31)25-12-20-24-11-15(4)26-20/h5-11,13H,12H2,1-4H3,(H,24,26)(H,25,31). The summed E-state index contributed by atoms with van der Waals surface area (Å²) in [5, 5.41) is 15.0. The maximum atomic E-state index is 13.0. The van der Waals surface area contributed by atoms with Gasteiger partial charge < -0.3 is 10.3 Å². The molecule has 3 heterocycles. The highest BCUT2D eigenvalue weighted by Gasteiger charge is 2.16. The minimum Gasteiger partial charge on any atom is -0.345 e. The van der Waals surface area contributed by atoms with Crippen LogP contribution in [0.5, 0.6) is 0 Å². The van der Waals surface area contributed by atoms with Crippen LogP contribution in [-0.2, 0) is 6.54 Å². The molecule has 1 amide bonds. The fraction of sp³-hybridized carbons (Fsp3) is 0.273. The van der Waals surface area contributed by atoms with Crippen molar-refractivity contribution in [1.82, 2.24) is 40.5 Å². The Labute approximate surface area is 180 Å². The van der Waals surface area contributed by atoms with E-state index in [1.54, 1.807) is 23.1 Å². The molecule has 0 unspecified atom stereocenters. The van der Waals surface area contributed by atoms with Crippen molar-refractivity contribution in [3.05, 3.63) is 71.2 Å². The molecule has 9 nitrogen and oxygen atoms in total. The molecule has 0 aliphatic heterocycles. The van der Waals surface area contributed by atoms with Crippen molar-refractivity contribution in [1.29, 1.82) is 0 Å². The summed E-state index contributed by atoms with van der Waals surface area (Å²) >= 11 is 0. The number of hydrogen-bond acceptors (Lipinski definition) is 6.